The fraction of sp³-hybridized carbons (Fsp3) is 0.871. The third-order valence-electron chi connectivity index (χ3n) is 11.7. The Hall–Kier alpha value is -1.20. The molecule has 202 valence electrons. The number of carbonyl (C=O) groups excluding carboxylic acids is 1. The number of hydrogen-bond acceptors (Lipinski definition) is 4. The molecule has 5 unspecified atom stereocenters. The minimum absolute atomic E-state index is 0.0665. The lowest BCUT2D eigenvalue weighted by Gasteiger charge is -2.61. The summed E-state index contributed by atoms with van der Waals surface area (Å²) < 4.78 is 12.3. The summed E-state index contributed by atoms with van der Waals surface area (Å²) in [6, 6.07) is 0. The van der Waals surface area contributed by atoms with Crippen molar-refractivity contribution in [3.05, 3.63) is 11.6 Å². The molecule has 0 aromatic heterocycles. The molecule has 1 saturated heterocycles. The van der Waals surface area contributed by atoms with Crippen LogP contribution in [0.2, 0.25) is 0 Å². The predicted molar refractivity (Wildman–Crippen MR) is 139 cm³/mol. The van der Waals surface area contributed by atoms with Crippen molar-refractivity contribution in [3.63, 3.8) is 0 Å². The smallest absolute Gasteiger partial charge is 0.303 e. The van der Waals surface area contributed by atoms with Gasteiger partial charge in [0, 0.05) is 18.9 Å². The highest BCUT2D eigenvalue weighted by Crippen LogP contribution is 2.68. The van der Waals surface area contributed by atoms with Crippen molar-refractivity contribution >= 4 is 11.8 Å². The summed E-state index contributed by atoms with van der Waals surface area (Å²) in [5.41, 5.74) is 1.38. The summed E-state index contributed by atoms with van der Waals surface area (Å²) in [7, 11) is 0. The quantitative estimate of drug-likeness (QED) is 0.321. The van der Waals surface area contributed by atoms with Crippen molar-refractivity contribution in [1.82, 2.24) is 0 Å². The Morgan fingerprint density at radius 3 is 2.56 bits per heavy atom. The maximum Gasteiger partial charge on any atom is 0.303 e. The van der Waals surface area contributed by atoms with E-state index < -0.39 is 5.97 Å². The lowest BCUT2D eigenvalue weighted by atomic mass is 9.43. The SMILES string of the molecule is C/C=C1/C(=O)[C@H]2C(CC[C@@]3(C)C2CCC3[C@H](C)CCC(=O)O)[C@@]2(C)CC[C@@H](OC3CCCCO3)CC12. The van der Waals surface area contributed by atoms with Crippen molar-refractivity contribution in [1.29, 1.82) is 0 Å². The number of carbonyl (C=O) groups is 2. The summed E-state index contributed by atoms with van der Waals surface area (Å²) in [5, 5.41) is 9.23. The molecule has 0 radical (unpaired) electrons. The second kappa shape index (κ2) is 10.2. The van der Waals surface area contributed by atoms with Crippen LogP contribution in [-0.4, -0.2) is 35.9 Å². The van der Waals surface area contributed by atoms with Crippen molar-refractivity contribution in [2.45, 2.75) is 117 Å². The van der Waals surface area contributed by atoms with Gasteiger partial charge < -0.3 is 14.6 Å². The highest BCUT2D eigenvalue weighted by Gasteiger charge is 2.64. The van der Waals surface area contributed by atoms with Gasteiger partial charge in [-0.3, -0.25) is 9.59 Å². The zero-order valence-electron chi connectivity index (χ0n) is 23.0. The normalized spacial score (nSPS) is 46.6. The van der Waals surface area contributed by atoms with E-state index in [0.29, 0.717) is 29.5 Å². The number of hydrogen-bond donors (Lipinski definition) is 1. The number of ketones is 1. The molecule has 5 fully saturated rings. The summed E-state index contributed by atoms with van der Waals surface area (Å²) in [5.74, 6) is 1.95. The van der Waals surface area contributed by atoms with Crippen molar-refractivity contribution in [3.8, 4) is 0 Å². The molecule has 0 aromatic carbocycles. The molecular formula is C31H48O5. The van der Waals surface area contributed by atoms with Crippen LogP contribution in [-0.2, 0) is 19.1 Å². The summed E-state index contributed by atoms with van der Waals surface area (Å²) >= 11 is 0. The molecule has 0 amide bonds. The van der Waals surface area contributed by atoms with E-state index >= 15 is 0 Å². The monoisotopic (exact) mass is 500 g/mol. The average Bonchev–Trinajstić information content (AvgIpc) is 3.21. The van der Waals surface area contributed by atoms with E-state index in [1.165, 1.54) is 12.8 Å². The third-order valence-corrected chi connectivity index (χ3v) is 11.7. The zero-order valence-corrected chi connectivity index (χ0v) is 23.0. The Labute approximate surface area is 217 Å². The fourth-order valence-electron chi connectivity index (χ4n) is 9.86. The molecule has 4 saturated carbocycles. The lowest BCUT2D eigenvalue weighted by Crippen LogP contribution is -2.58. The van der Waals surface area contributed by atoms with Gasteiger partial charge in [-0.15, -0.1) is 0 Å². The maximum atomic E-state index is 14.2. The summed E-state index contributed by atoms with van der Waals surface area (Å²) in [6.45, 7) is 10.0. The van der Waals surface area contributed by atoms with Gasteiger partial charge in [0.25, 0.3) is 0 Å². The summed E-state index contributed by atoms with van der Waals surface area (Å²) in [6.07, 6.45) is 14.3. The molecular weight excluding hydrogens is 452 g/mol. The van der Waals surface area contributed by atoms with Gasteiger partial charge in [0.05, 0.1) is 6.10 Å². The molecule has 0 aromatic rings. The first-order valence-corrected chi connectivity index (χ1v) is 14.9. The van der Waals surface area contributed by atoms with Crippen LogP contribution in [0.4, 0.5) is 0 Å². The highest BCUT2D eigenvalue weighted by atomic mass is 16.7. The Morgan fingerprint density at radius 2 is 1.86 bits per heavy atom. The maximum absolute atomic E-state index is 14.2. The largest absolute Gasteiger partial charge is 0.481 e. The van der Waals surface area contributed by atoms with E-state index in [1.807, 2.05) is 0 Å². The number of fused-ring (bicyclic) bond motifs is 5. The molecule has 5 heteroatoms. The number of Topliss-reactive ketones (excluding diaryl/α,β-unsaturated/α-hetero) is 1. The van der Waals surface area contributed by atoms with E-state index in [9.17, 15) is 14.7 Å². The molecule has 5 rings (SSSR count). The van der Waals surface area contributed by atoms with E-state index in [0.717, 1.165) is 70.0 Å². The van der Waals surface area contributed by atoms with Crippen molar-refractivity contribution in [2.75, 3.05) is 6.61 Å². The fourth-order valence-corrected chi connectivity index (χ4v) is 9.86. The van der Waals surface area contributed by atoms with Gasteiger partial charge in [0.2, 0.25) is 0 Å². The number of rotatable bonds is 6. The highest BCUT2D eigenvalue weighted by molar-refractivity contribution is 5.99. The van der Waals surface area contributed by atoms with E-state index in [1.54, 1.807) is 0 Å². The molecule has 0 bridgehead atoms. The molecule has 5 nitrogen and oxygen atoms in total. The minimum Gasteiger partial charge on any atom is -0.481 e. The molecule has 1 N–H and O–H groups in total. The van der Waals surface area contributed by atoms with Gasteiger partial charge in [-0.25, -0.2) is 0 Å². The Morgan fingerprint density at radius 1 is 1.11 bits per heavy atom. The van der Waals surface area contributed by atoms with Gasteiger partial charge in [0.1, 0.15) is 0 Å². The Bertz CT molecular complexity index is 874. The van der Waals surface area contributed by atoms with E-state index in [2.05, 4.69) is 33.8 Å². The van der Waals surface area contributed by atoms with Gasteiger partial charge >= 0.3 is 5.97 Å². The van der Waals surface area contributed by atoms with Gasteiger partial charge in [-0.2, -0.15) is 0 Å². The predicted octanol–water partition coefficient (Wildman–Crippen LogP) is 6.79. The van der Waals surface area contributed by atoms with E-state index in [-0.39, 0.29) is 41.5 Å². The second-order valence-electron chi connectivity index (χ2n) is 13.4. The van der Waals surface area contributed by atoms with Crippen LogP contribution >= 0.6 is 0 Å². The van der Waals surface area contributed by atoms with Gasteiger partial charge in [-0.1, -0.05) is 26.8 Å². The van der Waals surface area contributed by atoms with Gasteiger partial charge in [-0.05, 0) is 124 Å². The van der Waals surface area contributed by atoms with Crippen molar-refractivity contribution in [2.24, 2.45) is 46.3 Å². The van der Waals surface area contributed by atoms with Gasteiger partial charge in [0.15, 0.2) is 12.1 Å². The molecule has 5 aliphatic rings. The van der Waals surface area contributed by atoms with Crippen LogP contribution in [0.15, 0.2) is 11.6 Å². The number of aliphatic carboxylic acids is 1. The minimum atomic E-state index is -0.695. The van der Waals surface area contributed by atoms with Crippen LogP contribution in [0.1, 0.15) is 105 Å². The number of carboxylic acids is 1. The first-order valence-electron chi connectivity index (χ1n) is 14.9. The first-order chi connectivity index (χ1) is 17.2. The molecule has 4 aliphatic carbocycles. The molecule has 36 heavy (non-hydrogen) atoms. The second-order valence-corrected chi connectivity index (χ2v) is 13.4. The molecule has 1 aliphatic heterocycles. The topological polar surface area (TPSA) is 72.8 Å². The van der Waals surface area contributed by atoms with Crippen LogP contribution in [0.5, 0.6) is 0 Å². The Kier molecular flexibility index (Phi) is 7.46. The van der Waals surface area contributed by atoms with Crippen LogP contribution in [0.25, 0.3) is 0 Å². The Balaban J connectivity index is 1.36. The standard InChI is InChI=1S/C31H48O5/c1-5-21-25-18-20(36-27-8-6-7-17-35-27)13-15-31(25,4)24-14-16-30(3)22(19(2)9-12-26(32)33)10-11-23(30)28(24)29(21)34/h5,19-20,22-25,27-28H,6-18H2,1-4H3,(H,32,33)/b21-5+/t19-,20-,22?,23?,24?,25?,27?,28-,30-,31-/m1/s1. The van der Waals surface area contributed by atoms with Crippen LogP contribution < -0.4 is 0 Å². The number of allylic oxidation sites excluding steroid dienone is 2. The molecule has 10 atom stereocenters. The lowest BCUT2D eigenvalue weighted by molar-refractivity contribution is -0.207. The molecule has 0 spiro atoms. The average molecular weight is 501 g/mol. The zero-order chi connectivity index (χ0) is 25.7. The third kappa shape index (κ3) is 4.40. The molecule has 1 heterocycles. The van der Waals surface area contributed by atoms with Crippen LogP contribution in [0.3, 0.4) is 0 Å². The first kappa shape index (κ1) is 26.4. The van der Waals surface area contributed by atoms with E-state index in [4.69, 9.17) is 9.47 Å². The van der Waals surface area contributed by atoms with Crippen molar-refractivity contribution < 1.29 is 24.2 Å². The number of ether oxygens (including phenoxy) is 2. The van der Waals surface area contributed by atoms with Crippen LogP contribution in [0, 0.1) is 46.3 Å². The number of carboxylic acid groups (broad SMARTS) is 1. The summed E-state index contributed by atoms with van der Waals surface area (Å²) in [4.78, 5) is 25.5.